The number of rotatable bonds is 3. The van der Waals surface area contributed by atoms with Crippen LogP contribution in [0.2, 0.25) is 0 Å². The molecule has 0 heterocycles. The molecule has 0 spiro atoms. The van der Waals surface area contributed by atoms with Crippen molar-refractivity contribution >= 4 is 11.4 Å². The predicted molar refractivity (Wildman–Crippen MR) is 77.0 cm³/mol. The number of anilines is 2. The first kappa shape index (κ1) is 13.1. The van der Waals surface area contributed by atoms with E-state index in [4.69, 9.17) is 10.5 Å². The lowest BCUT2D eigenvalue weighted by Crippen LogP contribution is -2.34. The monoisotopic (exact) mass is 248 g/mol. The smallest absolute Gasteiger partial charge is 0.143 e. The van der Waals surface area contributed by atoms with Crippen LogP contribution in [0.4, 0.5) is 11.4 Å². The molecule has 0 amide bonds. The van der Waals surface area contributed by atoms with Crippen LogP contribution in [0.15, 0.2) is 18.2 Å². The molecule has 0 aliphatic heterocycles. The maximum Gasteiger partial charge on any atom is 0.143 e. The average Bonchev–Trinajstić information content (AvgIpc) is 2.37. The van der Waals surface area contributed by atoms with Gasteiger partial charge in [-0.2, -0.15) is 0 Å². The highest BCUT2D eigenvalue weighted by atomic mass is 16.5. The number of nitrogens with one attached hydrogen (secondary N) is 1. The fourth-order valence-electron chi connectivity index (χ4n) is 2.80. The Labute approximate surface area is 110 Å². The van der Waals surface area contributed by atoms with Crippen molar-refractivity contribution in [2.75, 3.05) is 18.2 Å². The van der Waals surface area contributed by atoms with E-state index in [1.54, 1.807) is 7.11 Å². The number of hydrogen-bond acceptors (Lipinski definition) is 3. The minimum atomic E-state index is 0.557. The molecule has 3 unspecified atom stereocenters. The third-order valence-electron chi connectivity index (χ3n) is 4.29. The van der Waals surface area contributed by atoms with E-state index in [9.17, 15) is 0 Å². The number of methoxy groups -OCH3 is 1. The molecule has 0 aromatic heterocycles. The van der Waals surface area contributed by atoms with Gasteiger partial charge in [0, 0.05) is 17.8 Å². The van der Waals surface area contributed by atoms with Gasteiger partial charge in [0.1, 0.15) is 5.75 Å². The molecule has 0 bridgehead atoms. The van der Waals surface area contributed by atoms with Gasteiger partial charge in [0.05, 0.1) is 12.8 Å². The minimum Gasteiger partial charge on any atom is -0.495 e. The second kappa shape index (κ2) is 5.51. The summed E-state index contributed by atoms with van der Waals surface area (Å²) < 4.78 is 5.26. The van der Waals surface area contributed by atoms with Gasteiger partial charge in [0.15, 0.2) is 0 Å². The van der Waals surface area contributed by atoms with Crippen molar-refractivity contribution in [2.24, 2.45) is 11.8 Å². The summed E-state index contributed by atoms with van der Waals surface area (Å²) in [6.45, 7) is 4.69. The Morgan fingerprint density at radius 1 is 1.28 bits per heavy atom. The number of nitrogen functional groups attached to an aromatic ring is 1. The van der Waals surface area contributed by atoms with Crippen LogP contribution < -0.4 is 15.8 Å². The van der Waals surface area contributed by atoms with Gasteiger partial charge in [-0.15, -0.1) is 0 Å². The molecule has 18 heavy (non-hydrogen) atoms. The van der Waals surface area contributed by atoms with Crippen LogP contribution in [-0.2, 0) is 0 Å². The van der Waals surface area contributed by atoms with Gasteiger partial charge in [0.2, 0.25) is 0 Å². The van der Waals surface area contributed by atoms with E-state index in [1.807, 2.05) is 18.2 Å². The van der Waals surface area contributed by atoms with E-state index in [0.29, 0.717) is 17.6 Å². The fourth-order valence-corrected chi connectivity index (χ4v) is 2.80. The van der Waals surface area contributed by atoms with Crippen molar-refractivity contribution in [3.8, 4) is 5.75 Å². The van der Waals surface area contributed by atoms with Crippen LogP contribution in [0.1, 0.15) is 33.1 Å². The molecule has 1 aromatic rings. The summed E-state index contributed by atoms with van der Waals surface area (Å²) >= 11 is 0. The van der Waals surface area contributed by atoms with Gasteiger partial charge in [-0.1, -0.05) is 26.7 Å². The second-order valence-electron chi connectivity index (χ2n) is 5.47. The summed E-state index contributed by atoms with van der Waals surface area (Å²) in [6, 6.07) is 6.48. The largest absolute Gasteiger partial charge is 0.495 e. The summed E-state index contributed by atoms with van der Waals surface area (Å²) in [5.74, 6) is 2.26. The fraction of sp³-hybridized carbons (Fsp3) is 0.600. The predicted octanol–water partition coefficient (Wildman–Crippen LogP) is 3.51. The lowest BCUT2D eigenvalue weighted by atomic mass is 9.78. The number of benzene rings is 1. The summed E-state index contributed by atoms with van der Waals surface area (Å²) in [5.41, 5.74) is 7.62. The first-order chi connectivity index (χ1) is 8.61. The molecule has 100 valence electrons. The first-order valence-electron chi connectivity index (χ1n) is 6.82. The van der Waals surface area contributed by atoms with E-state index < -0.39 is 0 Å². The van der Waals surface area contributed by atoms with E-state index in [0.717, 1.165) is 17.4 Å². The zero-order valence-corrected chi connectivity index (χ0v) is 11.6. The molecule has 1 aliphatic rings. The maximum absolute atomic E-state index is 5.83. The number of nitrogens with two attached hydrogens (primary N) is 1. The zero-order chi connectivity index (χ0) is 13.1. The third-order valence-corrected chi connectivity index (χ3v) is 4.29. The SMILES string of the molecule is COc1cc(NC2CCCC(C)C2C)ccc1N. The molecule has 3 heteroatoms. The molecule has 1 saturated carbocycles. The number of ether oxygens (including phenoxy) is 1. The Morgan fingerprint density at radius 2 is 2.06 bits per heavy atom. The summed E-state index contributed by atoms with van der Waals surface area (Å²) in [4.78, 5) is 0. The Kier molecular flexibility index (Phi) is 4.00. The lowest BCUT2D eigenvalue weighted by Gasteiger charge is -2.35. The third kappa shape index (κ3) is 2.71. The topological polar surface area (TPSA) is 47.3 Å². The Hall–Kier alpha value is -1.38. The molecule has 2 rings (SSSR count). The Morgan fingerprint density at radius 3 is 2.78 bits per heavy atom. The van der Waals surface area contributed by atoms with E-state index in [2.05, 4.69) is 19.2 Å². The molecule has 3 nitrogen and oxygen atoms in total. The molecular formula is C15H24N2O. The van der Waals surface area contributed by atoms with E-state index in [1.165, 1.54) is 19.3 Å². The molecule has 1 aromatic carbocycles. The molecule has 1 aliphatic carbocycles. The molecular weight excluding hydrogens is 224 g/mol. The highest BCUT2D eigenvalue weighted by molar-refractivity contribution is 5.61. The summed E-state index contributed by atoms with van der Waals surface area (Å²) in [6.07, 6.45) is 3.91. The molecule has 0 saturated heterocycles. The van der Waals surface area contributed by atoms with Gasteiger partial charge in [-0.25, -0.2) is 0 Å². The highest BCUT2D eigenvalue weighted by Crippen LogP contribution is 2.33. The van der Waals surface area contributed by atoms with Gasteiger partial charge < -0.3 is 15.8 Å². The van der Waals surface area contributed by atoms with Crippen LogP contribution in [0.25, 0.3) is 0 Å². The van der Waals surface area contributed by atoms with Crippen LogP contribution in [0.5, 0.6) is 5.75 Å². The lowest BCUT2D eigenvalue weighted by molar-refractivity contribution is 0.253. The van der Waals surface area contributed by atoms with Gasteiger partial charge in [-0.05, 0) is 30.4 Å². The molecule has 1 fully saturated rings. The van der Waals surface area contributed by atoms with Crippen molar-refractivity contribution in [3.63, 3.8) is 0 Å². The summed E-state index contributed by atoms with van der Waals surface area (Å²) in [5, 5.41) is 3.63. The standard InChI is InChI=1S/C15H24N2O/c1-10-5-4-6-14(11(10)2)17-12-7-8-13(16)15(9-12)18-3/h7-11,14,17H,4-6,16H2,1-3H3. The first-order valence-corrected chi connectivity index (χ1v) is 6.82. The van der Waals surface area contributed by atoms with E-state index >= 15 is 0 Å². The molecule has 3 N–H and O–H groups in total. The van der Waals surface area contributed by atoms with Crippen molar-refractivity contribution in [1.82, 2.24) is 0 Å². The van der Waals surface area contributed by atoms with Crippen molar-refractivity contribution in [2.45, 2.75) is 39.2 Å². The molecule has 3 atom stereocenters. The average molecular weight is 248 g/mol. The van der Waals surface area contributed by atoms with Crippen LogP contribution >= 0.6 is 0 Å². The van der Waals surface area contributed by atoms with Crippen molar-refractivity contribution < 1.29 is 4.74 Å². The van der Waals surface area contributed by atoms with Gasteiger partial charge in [0.25, 0.3) is 0 Å². The minimum absolute atomic E-state index is 0.557. The second-order valence-corrected chi connectivity index (χ2v) is 5.47. The molecule has 0 radical (unpaired) electrons. The zero-order valence-electron chi connectivity index (χ0n) is 11.6. The highest BCUT2D eigenvalue weighted by Gasteiger charge is 2.26. The van der Waals surface area contributed by atoms with Gasteiger partial charge >= 0.3 is 0 Å². The van der Waals surface area contributed by atoms with Crippen molar-refractivity contribution in [1.29, 1.82) is 0 Å². The van der Waals surface area contributed by atoms with Crippen LogP contribution in [-0.4, -0.2) is 13.2 Å². The normalized spacial score (nSPS) is 27.8. The summed E-state index contributed by atoms with van der Waals surface area (Å²) in [7, 11) is 1.65. The van der Waals surface area contributed by atoms with Crippen LogP contribution in [0.3, 0.4) is 0 Å². The maximum atomic E-state index is 5.83. The van der Waals surface area contributed by atoms with Crippen molar-refractivity contribution in [3.05, 3.63) is 18.2 Å². The number of hydrogen-bond donors (Lipinski definition) is 2. The quantitative estimate of drug-likeness (QED) is 0.805. The van der Waals surface area contributed by atoms with Gasteiger partial charge in [-0.3, -0.25) is 0 Å². The Bertz CT molecular complexity index is 405. The van der Waals surface area contributed by atoms with E-state index in [-0.39, 0.29) is 0 Å². The Balaban J connectivity index is 2.09. The van der Waals surface area contributed by atoms with Crippen LogP contribution in [0, 0.1) is 11.8 Å².